The highest BCUT2D eigenvalue weighted by molar-refractivity contribution is 5.89. The van der Waals surface area contributed by atoms with Crippen molar-refractivity contribution in [3.05, 3.63) is 35.9 Å². The summed E-state index contributed by atoms with van der Waals surface area (Å²) in [5.41, 5.74) is 2.11. The van der Waals surface area contributed by atoms with Crippen LogP contribution < -0.4 is 0 Å². The van der Waals surface area contributed by atoms with Crippen molar-refractivity contribution < 1.29 is 9.68 Å². The highest BCUT2D eigenvalue weighted by Crippen LogP contribution is 2.44. The molecule has 0 aliphatic carbocycles. The molecule has 1 fully saturated rings. The van der Waals surface area contributed by atoms with Crippen LogP contribution in [0, 0.1) is 5.92 Å². The van der Waals surface area contributed by atoms with Crippen molar-refractivity contribution in [3.63, 3.8) is 0 Å². The Balaban J connectivity index is 2.21. The second-order valence-electron chi connectivity index (χ2n) is 7.28. The van der Waals surface area contributed by atoms with Gasteiger partial charge in [0.05, 0.1) is 18.4 Å². The van der Waals surface area contributed by atoms with E-state index >= 15 is 0 Å². The Kier molecular flexibility index (Phi) is 6.05. The first kappa shape index (κ1) is 18.9. The smallest absolute Gasteiger partial charge is 0.142 e. The van der Waals surface area contributed by atoms with Crippen LogP contribution in [0.2, 0.25) is 0 Å². The molecule has 1 heterocycles. The lowest BCUT2D eigenvalue weighted by Crippen LogP contribution is -2.66. The van der Waals surface area contributed by atoms with Crippen LogP contribution in [0.4, 0.5) is 0 Å². The first-order valence-electron chi connectivity index (χ1n) is 8.98. The molecule has 0 N–H and O–H groups in total. The monoisotopic (exact) mass is 332 g/mol. The maximum atomic E-state index is 5.83. The normalized spacial score (nSPS) is 32.9. The number of hydroxylamine groups is 2. The van der Waals surface area contributed by atoms with E-state index in [1.165, 1.54) is 0 Å². The summed E-state index contributed by atoms with van der Waals surface area (Å²) in [6, 6.07) is 10.2. The van der Waals surface area contributed by atoms with Crippen molar-refractivity contribution in [2.75, 3.05) is 7.11 Å². The number of piperidine rings is 1. The summed E-state index contributed by atoms with van der Waals surface area (Å²) in [6.45, 7) is 11.7. The van der Waals surface area contributed by atoms with E-state index < -0.39 is 0 Å². The zero-order chi connectivity index (χ0) is 17.8. The third kappa shape index (κ3) is 3.50. The highest BCUT2D eigenvalue weighted by atomic mass is 16.7. The Hall–Kier alpha value is -1.39. The number of nitrogens with zero attached hydrogens (tertiary/aromatic N) is 2. The quantitative estimate of drug-likeness (QED) is 0.702. The Bertz CT molecular complexity index is 560. The van der Waals surface area contributed by atoms with Crippen LogP contribution in [-0.2, 0) is 16.3 Å². The van der Waals surface area contributed by atoms with Gasteiger partial charge in [-0.1, -0.05) is 56.3 Å². The summed E-state index contributed by atoms with van der Waals surface area (Å²) in [6.07, 6.45) is 2.86. The summed E-state index contributed by atoms with van der Waals surface area (Å²) in [4.78, 5) is 11.5. The largest absolute Gasteiger partial charge is 0.391 e. The van der Waals surface area contributed by atoms with Crippen molar-refractivity contribution >= 4 is 5.71 Å². The summed E-state index contributed by atoms with van der Waals surface area (Å²) >= 11 is 0. The first-order chi connectivity index (χ1) is 11.4. The second-order valence-corrected chi connectivity index (χ2v) is 7.28. The number of rotatable bonds is 6. The molecule has 0 aromatic heterocycles. The molecule has 1 aliphatic rings. The highest BCUT2D eigenvalue weighted by Gasteiger charge is 2.52. The molecule has 3 atom stereocenters. The van der Waals surface area contributed by atoms with Gasteiger partial charge >= 0.3 is 0 Å². The molecule has 1 saturated heterocycles. The van der Waals surface area contributed by atoms with Crippen LogP contribution in [0.1, 0.15) is 59.4 Å². The molecule has 2 rings (SSSR count). The molecule has 0 bridgehead atoms. The molecule has 4 nitrogen and oxygen atoms in total. The van der Waals surface area contributed by atoms with Gasteiger partial charge in [-0.05, 0) is 32.3 Å². The van der Waals surface area contributed by atoms with Crippen LogP contribution in [0.15, 0.2) is 35.5 Å². The molecule has 0 spiro atoms. The lowest BCUT2D eigenvalue weighted by atomic mass is 9.70. The van der Waals surface area contributed by atoms with Gasteiger partial charge in [-0.25, -0.2) is 0 Å². The third-order valence-corrected chi connectivity index (χ3v) is 5.86. The zero-order valence-electron chi connectivity index (χ0n) is 16.0. The van der Waals surface area contributed by atoms with E-state index in [1.807, 2.05) is 18.2 Å². The van der Waals surface area contributed by atoms with Crippen LogP contribution in [-0.4, -0.2) is 29.0 Å². The van der Waals surface area contributed by atoms with E-state index in [4.69, 9.17) is 9.68 Å². The Morgan fingerprint density at radius 2 is 1.83 bits per heavy atom. The van der Waals surface area contributed by atoms with Crippen LogP contribution in [0.5, 0.6) is 0 Å². The van der Waals surface area contributed by atoms with Gasteiger partial charge in [-0.2, -0.15) is 5.06 Å². The molecule has 4 heteroatoms. The molecule has 0 saturated carbocycles. The van der Waals surface area contributed by atoms with Gasteiger partial charge in [0.2, 0.25) is 0 Å². The average molecular weight is 332 g/mol. The van der Waals surface area contributed by atoms with Gasteiger partial charge in [0, 0.05) is 17.9 Å². The average Bonchev–Trinajstić information content (AvgIpc) is 2.60. The molecular weight excluding hydrogens is 300 g/mol. The molecule has 24 heavy (non-hydrogen) atoms. The maximum absolute atomic E-state index is 5.83. The van der Waals surface area contributed by atoms with Gasteiger partial charge in [0.25, 0.3) is 0 Å². The number of hydrogen-bond acceptors (Lipinski definition) is 4. The maximum Gasteiger partial charge on any atom is 0.142 e. The predicted molar refractivity (Wildman–Crippen MR) is 98.7 cm³/mol. The minimum Gasteiger partial charge on any atom is -0.391 e. The van der Waals surface area contributed by atoms with Crippen molar-refractivity contribution in [1.29, 1.82) is 0 Å². The first-order valence-corrected chi connectivity index (χ1v) is 8.98. The summed E-state index contributed by atoms with van der Waals surface area (Å²) in [7, 11) is 1.78. The Labute approximate surface area is 146 Å². The van der Waals surface area contributed by atoms with E-state index in [0.29, 0.717) is 6.61 Å². The lowest BCUT2D eigenvalue weighted by molar-refractivity contribution is -0.271. The molecule has 3 unspecified atom stereocenters. The van der Waals surface area contributed by atoms with Gasteiger partial charge in [-0.15, -0.1) is 0 Å². The van der Waals surface area contributed by atoms with Crippen molar-refractivity contribution in [3.8, 4) is 0 Å². The van der Waals surface area contributed by atoms with E-state index in [9.17, 15) is 0 Å². The van der Waals surface area contributed by atoms with E-state index in [2.05, 4.69) is 57.0 Å². The zero-order valence-corrected chi connectivity index (χ0v) is 16.0. The van der Waals surface area contributed by atoms with E-state index in [1.54, 1.807) is 7.11 Å². The van der Waals surface area contributed by atoms with Crippen molar-refractivity contribution in [2.45, 2.75) is 71.6 Å². The minimum atomic E-state index is -0.0906. The van der Waals surface area contributed by atoms with Gasteiger partial charge in [0.15, 0.2) is 0 Å². The molecule has 1 aromatic carbocycles. The number of benzene rings is 1. The Morgan fingerprint density at radius 1 is 1.17 bits per heavy atom. The van der Waals surface area contributed by atoms with Crippen molar-refractivity contribution in [1.82, 2.24) is 5.06 Å². The summed E-state index contributed by atoms with van der Waals surface area (Å²) in [5, 5.41) is 6.74. The van der Waals surface area contributed by atoms with Crippen LogP contribution in [0.25, 0.3) is 0 Å². The van der Waals surface area contributed by atoms with Gasteiger partial charge in [0.1, 0.15) is 6.61 Å². The second kappa shape index (κ2) is 7.66. The van der Waals surface area contributed by atoms with Gasteiger partial charge < -0.3 is 9.68 Å². The summed E-state index contributed by atoms with van der Waals surface area (Å²) in [5.74, 6) is 0.276. The Morgan fingerprint density at radius 3 is 2.38 bits per heavy atom. The van der Waals surface area contributed by atoms with E-state index in [0.717, 1.165) is 30.5 Å². The molecule has 1 aromatic rings. The minimum absolute atomic E-state index is 0.0685. The molecule has 1 aliphatic heterocycles. The standard InChI is InChI=1S/C20H32N2O2/c1-7-19(4)14-18(16(3)20(5,8-2)22(19)23-6)21-24-15-17-12-10-9-11-13-17/h9-13,16H,7-8,14-15H2,1-6H3/b21-18-. The predicted octanol–water partition coefficient (Wildman–Crippen LogP) is 4.80. The third-order valence-electron chi connectivity index (χ3n) is 5.86. The number of oxime groups is 1. The van der Waals surface area contributed by atoms with Crippen LogP contribution >= 0.6 is 0 Å². The topological polar surface area (TPSA) is 34.1 Å². The van der Waals surface area contributed by atoms with Crippen LogP contribution in [0.3, 0.4) is 0 Å². The molecule has 0 amide bonds. The van der Waals surface area contributed by atoms with Crippen molar-refractivity contribution in [2.24, 2.45) is 11.1 Å². The molecule has 134 valence electrons. The number of hydrogen-bond donors (Lipinski definition) is 0. The fourth-order valence-electron chi connectivity index (χ4n) is 3.79. The van der Waals surface area contributed by atoms with Gasteiger partial charge in [-0.3, -0.25) is 0 Å². The fraction of sp³-hybridized carbons (Fsp3) is 0.650. The summed E-state index contributed by atoms with van der Waals surface area (Å²) < 4.78 is 0. The fourth-order valence-corrected chi connectivity index (χ4v) is 3.79. The van der Waals surface area contributed by atoms with E-state index in [-0.39, 0.29) is 17.0 Å². The SMILES string of the molecule is CCC1(C)C/C(=N/OCc2ccccc2)C(C)C(C)(CC)N1OC. The lowest BCUT2D eigenvalue weighted by Gasteiger charge is -2.56. The molecular formula is C20H32N2O2. The molecule has 0 radical (unpaired) electrons.